The molecule has 1 heterocycles. The van der Waals surface area contributed by atoms with E-state index in [2.05, 4.69) is 5.21 Å². The van der Waals surface area contributed by atoms with Crippen LogP contribution in [0.1, 0.15) is 5.69 Å². The van der Waals surface area contributed by atoms with Gasteiger partial charge in [0.05, 0.1) is 5.21 Å². The minimum Gasteiger partial charge on any atom is -1.00 e. The molecule has 0 aromatic carbocycles. The van der Waals surface area contributed by atoms with Crippen molar-refractivity contribution >= 4 is 0 Å². The van der Waals surface area contributed by atoms with E-state index in [4.69, 9.17) is 0 Å². The van der Waals surface area contributed by atoms with Gasteiger partial charge >= 0.3 is 0 Å². The van der Waals surface area contributed by atoms with Gasteiger partial charge in [0.15, 0.2) is 11.9 Å². The third-order valence-electron chi connectivity index (χ3n) is 1.16. The quantitative estimate of drug-likeness (QED) is 0.350. The van der Waals surface area contributed by atoms with Gasteiger partial charge in [0.2, 0.25) is 0 Å². The first-order valence-corrected chi connectivity index (χ1v) is 2.56. The summed E-state index contributed by atoms with van der Waals surface area (Å²) in [6.07, 6.45) is 1.97. The van der Waals surface area contributed by atoms with Crippen LogP contribution < -0.4 is 17.1 Å². The second-order valence-corrected chi connectivity index (χ2v) is 1.96. The zero-order chi connectivity index (χ0) is 6.15. The van der Waals surface area contributed by atoms with Gasteiger partial charge in [-0.05, 0) is 0 Å². The van der Waals surface area contributed by atoms with Gasteiger partial charge in [-0.25, -0.2) is 0 Å². The van der Waals surface area contributed by atoms with E-state index in [9.17, 15) is 0 Å². The topological polar surface area (TPSA) is 21.7 Å². The Kier molecular flexibility index (Phi) is 2.65. The molecule has 52 valence electrons. The predicted octanol–water partition coefficient (Wildman–Crippen LogP) is -3.44. The summed E-state index contributed by atoms with van der Waals surface area (Å²) in [6.45, 7) is 2.02. The highest BCUT2D eigenvalue weighted by atomic mass is 35.5. The third-order valence-corrected chi connectivity index (χ3v) is 1.16. The lowest BCUT2D eigenvalue weighted by Gasteiger charge is -1.74. The van der Waals surface area contributed by atoms with Crippen LogP contribution in [-0.2, 0) is 14.1 Å². The highest BCUT2D eigenvalue weighted by molar-refractivity contribution is 4.82. The lowest BCUT2D eigenvalue weighted by molar-refractivity contribution is -0.732. The minimum atomic E-state index is 0. The fourth-order valence-electron chi connectivity index (χ4n) is 0.662. The third kappa shape index (κ3) is 1.68. The van der Waals surface area contributed by atoms with Crippen molar-refractivity contribution in [1.82, 2.24) is 9.90 Å². The fraction of sp³-hybridized carbons (Fsp3) is 0.600. The zero-order valence-electron chi connectivity index (χ0n) is 5.80. The maximum Gasteiger partial charge on any atom is 0.164 e. The van der Waals surface area contributed by atoms with Crippen molar-refractivity contribution in [1.29, 1.82) is 0 Å². The first-order chi connectivity index (χ1) is 3.70. The highest BCUT2D eigenvalue weighted by Gasteiger charge is 2.00. The van der Waals surface area contributed by atoms with Crippen LogP contribution in [0, 0.1) is 6.92 Å². The Morgan fingerprint density at radius 1 is 1.67 bits per heavy atom. The van der Waals surface area contributed by atoms with Crippen molar-refractivity contribution in [2.24, 2.45) is 14.1 Å². The van der Waals surface area contributed by atoms with Crippen molar-refractivity contribution in [3.63, 3.8) is 0 Å². The summed E-state index contributed by atoms with van der Waals surface area (Å²) in [6, 6.07) is 0. The Morgan fingerprint density at radius 3 is 2.33 bits per heavy atom. The molecule has 3 nitrogen and oxygen atoms in total. The Morgan fingerprint density at radius 2 is 2.22 bits per heavy atom. The molecule has 0 amide bonds. The average Bonchev–Trinajstić information content (AvgIpc) is 1.85. The fourth-order valence-corrected chi connectivity index (χ4v) is 0.662. The molecular formula is C5H10ClN3. The maximum absolute atomic E-state index is 4.04. The highest BCUT2D eigenvalue weighted by Crippen LogP contribution is 1.83. The number of halogens is 1. The van der Waals surface area contributed by atoms with Crippen LogP contribution in [0.3, 0.4) is 0 Å². The standard InChI is InChI=1S/C5H10N3.ClH/c1-5-4-7(2)6-8(5)3;/h4H,1-3H3;1H/q+1;/p-1. The lowest BCUT2D eigenvalue weighted by Crippen LogP contribution is -3.00. The molecule has 0 aliphatic rings. The van der Waals surface area contributed by atoms with E-state index in [1.165, 1.54) is 5.69 Å². The van der Waals surface area contributed by atoms with E-state index in [0.717, 1.165) is 0 Å². The number of aromatic nitrogens is 3. The van der Waals surface area contributed by atoms with E-state index in [1.807, 2.05) is 31.9 Å². The normalized spacial score (nSPS) is 8.78. The van der Waals surface area contributed by atoms with Crippen LogP contribution in [0.5, 0.6) is 0 Å². The van der Waals surface area contributed by atoms with Gasteiger partial charge in [-0.1, -0.05) is 0 Å². The maximum atomic E-state index is 4.04. The molecule has 1 aromatic rings. The molecule has 1 aromatic heterocycles. The molecule has 0 spiro atoms. The molecular weight excluding hydrogens is 138 g/mol. The molecule has 0 N–H and O–H groups in total. The second-order valence-electron chi connectivity index (χ2n) is 1.96. The first kappa shape index (κ1) is 8.43. The van der Waals surface area contributed by atoms with Gasteiger partial charge in [-0.3, -0.25) is 0 Å². The van der Waals surface area contributed by atoms with Crippen molar-refractivity contribution in [2.45, 2.75) is 6.92 Å². The smallest absolute Gasteiger partial charge is 0.164 e. The van der Waals surface area contributed by atoms with E-state index >= 15 is 0 Å². The molecule has 0 aliphatic heterocycles. The van der Waals surface area contributed by atoms with Gasteiger partial charge in [0.25, 0.3) is 0 Å². The van der Waals surface area contributed by atoms with E-state index < -0.39 is 0 Å². The predicted molar refractivity (Wildman–Crippen MR) is 29.1 cm³/mol. The number of rotatable bonds is 0. The zero-order valence-corrected chi connectivity index (χ0v) is 6.55. The molecule has 0 atom stereocenters. The monoisotopic (exact) mass is 147 g/mol. The number of hydrogen-bond acceptors (Lipinski definition) is 1. The summed E-state index contributed by atoms with van der Waals surface area (Å²) in [5.41, 5.74) is 1.17. The Bertz CT molecular complexity index is 175. The summed E-state index contributed by atoms with van der Waals surface area (Å²) < 4.78 is 3.62. The average molecular weight is 148 g/mol. The van der Waals surface area contributed by atoms with Crippen LogP contribution in [0.15, 0.2) is 6.20 Å². The van der Waals surface area contributed by atoms with Crippen LogP contribution in [0.2, 0.25) is 0 Å². The molecule has 4 heteroatoms. The van der Waals surface area contributed by atoms with Crippen molar-refractivity contribution in [3.05, 3.63) is 11.9 Å². The molecule has 0 bridgehead atoms. The molecule has 0 aliphatic carbocycles. The van der Waals surface area contributed by atoms with E-state index in [-0.39, 0.29) is 12.4 Å². The molecule has 0 unspecified atom stereocenters. The molecule has 1 rings (SSSR count). The summed E-state index contributed by atoms with van der Waals surface area (Å²) in [5.74, 6) is 0. The van der Waals surface area contributed by atoms with E-state index in [1.54, 1.807) is 4.68 Å². The Balaban J connectivity index is 0.000000640. The van der Waals surface area contributed by atoms with Gasteiger partial charge < -0.3 is 12.4 Å². The lowest BCUT2D eigenvalue weighted by atomic mass is 10.5. The molecule has 0 radical (unpaired) electrons. The number of hydrogen-bond donors (Lipinski definition) is 0. The van der Waals surface area contributed by atoms with Gasteiger partial charge in [0, 0.05) is 6.92 Å². The number of nitrogens with zero attached hydrogens (tertiary/aromatic N) is 3. The SMILES string of the molecule is Cc1c[n+](C)nn1C.[Cl-]. The van der Waals surface area contributed by atoms with Crippen LogP contribution >= 0.6 is 0 Å². The van der Waals surface area contributed by atoms with Gasteiger partial charge in [-0.15, -0.1) is 9.36 Å². The largest absolute Gasteiger partial charge is 1.00 e. The van der Waals surface area contributed by atoms with Crippen LogP contribution in [0.25, 0.3) is 0 Å². The minimum absolute atomic E-state index is 0. The van der Waals surface area contributed by atoms with E-state index in [0.29, 0.717) is 0 Å². The molecule has 0 fully saturated rings. The van der Waals surface area contributed by atoms with Crippen molar-refractivity contribution in [2.75, 3.05) is 0 Å². The summed E-state index contributed by atoms with van der Waals surface area (Å²) in [7, 11) is 3.84. The van der Waals surface area contributed by atoms with Crippen molar-refractivity contribution in [3.8, 4) is 0 Å². The first-order valence-electron chi connectivity index (χ1n) is 2.56. The number of aryl methyl sites for hydroxylation is 3. The summed E-state index contributed by atoms with van der Waals surface area (Å²) in [5, 5.41) is 4.04. The Labute approximate surface area is 60.7 Å². The van der Waals surface area contributed by atoms with Crippen LogP contribution in [0.4, 0.5) is 0 Å². The summed E-state index contributed by atoms with van der Waals surface area (Å²) in [4.78, 5) is 0. The van der Waals surface area contributed by atoms with Crippen LogP contribution in [-0.4, -0.2) is 9.90 Å². The molecule has 0 saturated carbocycles. The van der Waals surface area contributed by atoms with Gasteiger partial charge in [0.1, 0.15) is 14.1 Å². The van der Waals surface area contributed by atoms with Crippen molar-refractivity contribution < 1.29 is 17.1 Å². The molecule has 9 heavy (non-hydrogen) atoms. The Hall–Kier alpha value is -0.570. The molecule has 0 saturated heterocycles. The second kappa shape index (κ2) is 2.82. The van der Waals surface area contributed by atoms with Gasteiger partial charge in [-0.2, -0.15) is 0 Å². The summed E-state index contributed by atoms with van der Waals surface area (Å²) >= 11 is 0.